The zero-order valence-electron chi connectivity index (χ0n) is 11.9. The van der Waals surface area contributed by atoms with Gasteiger partial charge in [0, 0.05) is 35.7 Å². The van der Waals surface area contributed by atoms with Gasteiger partial charge in [-0.3, -0.25) is 4.79 Å². The van der Waals surface area contributed by atoms with Gasteiger partial charge < -0.3 is 4.57 Å². The van der Waals surface area contributed by atoms with Crippen molar-refractivity contribution in [2.75, 3.05) is 0 Å². The lowest BCUT2D eigenvalue weighted by Crippen LogP contribution is -2.17. The Kier molecular flexibility index (Phi) is 2.93. The Morgan fingerprint density at radius 1 is 1.10 bits per heavy atom. The van der Waals surface area contributed by atoms with Gasteiger partial charge in [0.05, 0.1) is 5.69 Å². The second-order valence-corrected chi connectivity index (χ2v) is 5.90. The third-order valence-corrected chi connectivity index (χ3v) is 4.29. The molecular weight excluding hydrogens is 258 g/mol. The summed E-state index contributed by atoms with van der Waals surface area (Å²) in [6, 6.07) is 12.1. The van der Waals surface area contributed by atoms with Gasteiger partial charge >= 0.3 is 0 Å². The normalized spacial score (nSPS) is 17.0. The maximum absolute atomic E-state index is 12.1. The smallest absolute Gasteiger partial charge is 0.179 e. The Bertz CT molecular complexity index is 754. The van der Waals surface area contributed by atoms with Gasteiger partial charge in [0.25, 0.3) is 0 Å². The molecule has 2 nitrogen and oxygen atoms in total. The minimum Gasteiger partial charge on any atom is -0.341 e. The van der Waals surface area contributed by atoms with Crippen molar-refractivity contribution in [2.45, 2.75) is 38.1 Å². The molecule has 0 atom stereocenters. The molecular formula is C19H17NO. The lowest BCUT2D eigenvalue weighted by atomic mass is 10.1. The van der Waals surface area contributed by atoms with Crippen LogP contribution in [-0.2, 0) is 6.54 Å². The van der Waals surface area contributed by atoms with E-state index in [-0.39, 0.29) is 5.78 Å². The van der Waals surface area contributed by atoms with Gasteiger partial charge in [-0.05, 0) is 37.5 Å². The topological polar surface area (TPSA) is 22.0 Å². The first-order chi connectivity index (χ1) is 10.3. The van der Waals surface area contributed by atoms with Crippen molar-refractivity contribution in [3.8, 4) is 11.8 Å². The van der Waals surface area contributed by atoms with E-state index in [0.717, 1.165) is 29.8 Å². The first-order valence-electron chi connectivity index (χ1n) is 7.66. The molecule has 0 radical (unpaired) electrons. The van der Waals surface area contributed by atoms with E-state index in [1.165, 1.54) is 18.5 Å². The molecule has 21 heavy (non-hydrogen) atoms. The molecule has 0 saturated heterocycles. The Balaban J connectivity index is 1.79. The summed E-state index contributed by atoms with van der Waals surface area (Å²) in [6.45, 7) is 0.972. The van der Waals surface area contributed by atoms with Crippen molar-refractivity contribution in [2.24, 2.45) is 0 Å². The molecule has 2 heterocycles. The molecule has 1 saturated carbocycles. The van der Waals surface area contributed by atoms with E-state index in [0.29, 0.717) is 12.3 Å². The third kappa shape index (κ3) is 2.29. The van der Waals surface area contributed by atoms with E-state index < -0.39 is 0 Å². The van der Waals surface area contributed by atoms with Gasteiger partial charge in [0.1, 0.15) is 0 Å². The van der Waals surface area contributed by atoms with Crippen molar-refractivity contribution < 1.29 is 4.79 Å². The molecule has 1 aliphatic carbocycles. The van der Waals surface area contributed by atoms with Crippen LogP contribution in [0.4, 0.5) is 0 Å². The van der Waals surface area contributed by atoms with Crippen LogP contribution in [0.3, 0.4) is 0 Å². The Morgan fingerprint density at radius 3 is 2.67 bits per heavy atom. The molecule has 0 unspecified atom stereocenters. The van der Waals surface area contributed by atoms with Gasteiger partial charge in [0.15, 0.2) is 5.78 Å². The number of hydrogen-bond donors (Lipinski definition) is 0. The number of carbonyl (C=O) groups excluding carboxylic acids is 1. The van der Waals surface area contributed by atoms with Crippen molar-refractivity contribution in [1.29, 1.82) is 0 Å². The first-order valence-corrected chi connectivity index (χ1v) is 7.66. The summed E-state index contributed by atoms with van der Waals surface area (Å²) >= 11 is 0. The lowest BCUT2D eigenvalue weighted by molar-refractivity contribution is 0.0954. The highest BCUT2D eigenvalue weighted by molar-refractivity contribution is 5.96. The molecule has 0 N–H and O–H groups in total. The maximum atomic E-state index is 12.1. The van der Waals surface area contributed by atoms with Crippen LogP contribution < -0.4 is 0 Å². The van der Waals surface area contributed by atoms with Crippen LogP contribution >= 0.6 is 0 Å². The largest absolute Gasteiger partial charge is 0.341 e. The molecule has 1 fully saturated rings. The monoisotopic (exact) mass is 275 g/mol. The van der Waals surface area contributed by atoms with Gasteiger partial charge in [-0.1, -0.05) is 30.0 Å². The van der Waals surface area contributed by atoms with Crippen LogP contribution in [0.25, 0.3) is 0 Å². The zero-order chi connectivity index (χ0) is 14.2. The number of aromatic nitrogens is 1. The molecule has 0 amide bonds. The number of rotatable bonds is 1. The minimum atomic E-state index is 0.274. The Labute approximate surface area is 124 Å². The van der Waals surface area contributed by atoms with Crippen molar-refractivity contribution in [1.82, 2.24) is 4.57 Å². The maximum Gasteiger partial charge on any atom is 0.179 e. The van der Waals surface area contributed by atoms with Crippen molar-refractivity contribution >= 4 is 5.78 Å². The van der Waals surface area contributed by atoms with E-state index in [9.17, 15) is 4.79 Å². The number of hydrogen-bond acceptors (Lipinski definition) is 1. The van der Waals surface area contributed by atoms with E-state index >= 15 is 0 Å². The lowest BCUT2D eigenvalue weighted by Gasteiger charge is -2.16. The first kappa shape index (κ1) is 12.5. The number of ketones is 1. The fourth-order valence-electron chi connectivity index (χ4n) is 3.12. The molecule has 1 aliphatic heterocycles. The highest BCUT2D eigenvalue weighted by Crippen LogP contribution is 2.43. The zero-order valence-corrected chi connectivity index (χ0v) is 11.9. The van der Waals surface area contributed by atoms with Crippen LogP contribution in [0.15, 0.2) is 36.4 Å². The summed E-state index contributed by atoms with van der Waals surface area (Å²) in [5, 5.41) is 0. The van der Waals surface area contributed by atoms with Crippen LogP contribution in [0.5, 0.6) is 0 Å². The van der Waals surface area contributed by atoms with Crippen molar-refractivity contribution in [3.05, 3.63) is 58.9 Å². The molecule has 1 aromatic carbocycles. The van der Waals surface area contributed by atoms with E-state index in [1.54, 1.807) is 0 Å². The number of carbonyl (C=O) groups is 1. The second kappa shape index (κ2) is 4.93. The predicted octanol–water partition coefficient (Wildman–Crippen LogP) is 3.74. The molecule has 4 rings (SSSR count). The van der Waals surface area contributed by atoms with Crippen LogP contribution in [0, 0.1) is 11.8 Å². The fourth-order valence-corrected chi connectivity index (χ4v) is 3.12. The molecule has 2 aliphatic rings. The van der Waals surface area contributed by atoms with E-state index in [1.807, 2.05) is 36.4 Å². The molecule has 2 heteroatoms. The highest BCUT2D eigenvalue weighted by atomic mass is 16.1. The summed E-state index contributed by atoms with van der Waals surface area (Å²) in [7, 11) is 0. The number of nitrogens with zero attached hydrogens (tertiary/aromatic N) is 1. The van der Waals surface area contributed by atoms with Gasteiger partial charge in [-0.2, -0.15) is 0 Å². The molecule has 0 spiro atoms. The number of benzene rings is 1. The summed E-state index contributed by atoms with van der Waals surface area (Å²) in [4.78, 5) is 12.1. The summed E-state index contributed by atoms with van der Waals surface area (Å²) < 4.78 is 2.23. The average Bonchev–Trinajstić information content (AvgIpc) is 3.27. The minimum absolute atomic E-state index is 0.274. The van der Waals surface area contributed by atoms with Crippen molar-refractivity contribution in [3.63, 3.8) is 0 Å². The van der Waals surface area contributed by atoms with Crippen LogP contribution in [0.1, 0.15) is 58.9 Å². The van der Waals surface area contributed by atoms with E-state index in [4.69, 9.17) is 0 Å². The molecule has 0 bridgehead atoms. The number of fused-ring (bicyclic) bond motifs is 1. The second-order valence-electron chi connectivity index (χ2n) is 5.90. The highest BCUT2D eigenvalue weighted by Gasteiger charge is 2.32. The summed E-state index contributed by atoms with van der Waals surface area (Å²) in [5.74, 6) is 7.43. The molecule has 1 aromatic heterocycles. The van der Waals surface area contributed by atoms with Gasteiger partial charge in [-0.15, -0.1) is 0 Å². The Hall–Kier alpha value is -2.27. The van der Waals surface area contributed by atoms with Crippen LogP contribution in [0.2, 0.25) is 0 Å². The molecule has 2 aromatic rings. The predicted molar refractivity (Wildman–Crippen MR) is 82.4 cm³/mol. The summed E-state index contributed by atoms with van der Waals surface area (Å²) in [6.07, 6.45) is 4.11. The summed E-state index contributed by atoms with van der Waals surface area (Å²) in [5.41, 5.74) is 4.27. The quantitative estimate of drug-likeness (QED) is 0.727. The SMILES string of the molecule is O=C1CCCn2c1cc(C#Cc1ccccc1)c2C1CC1. The number of Topliss-reactive ketones (excluding diaryl/α,β-unsaturated/α-hetero) is 1. The third-order valence-electron chi connectivity index (χ3n) is 4.29. The van der Waals surface area contributed by atoms with Crippen LogP contribution in [-0.4, -0.2) is 10.4 Å². The standard InChI is InChI=1S/C19H17NO/c21-18-7-4-12-20-17(18)13-16(19(20)15-10-11-15)9-8-14-5-2-1-3-6-14/h1-3,5-6,13,15H,4,7,10-12H2. The van der Waals surface area contributed by atoms with Gasteiger partial charge in [0.2, 0.25) is 0 Å². The molecule has 104 valence electrons. The average molecular weight is 275 g/mol. The fraction of sp³-hybridized carbons (Fsp3) is 0.316. The van der Waals surface area contributed by atoms with E-state index in [2.05, 4.69) is 16.4 Å². The van der Waals surface area contributed by atoms with Gasteiger partial charge in [-0.25, -0.2) is 0 Å². The Morgan fingerprint density at radius 2 is 1.90 bits per heavy atom.